The second-order valence-electron chi connectivity index (χ2n) is 9.50. The van der Waals surface area contributed by atoms with Gasteiger partial charge in [-0.15, -0.1) is 0 Å². The van der Waals surface area contributed by atoms with Gasteiger partial charge in [-0.1, -0.05) is 18.2 Å². The third-order valence-corrected chi connectivity index (χ3v) is 7.12. The molecule has 3 aliphatic rings. The van der Waals surface area contributed by atoms with Gasteiger partial charge in [-0.25, -0.2) is 0 Å². The quantitative estimate of drug-likeness (QED) is 0.361. The number of amides is 1. The van der Waals surface area contributed by atoms with Crippen LogP contribution in [0.3, 0.4) is 0 Å². The molecular formula is C28H32N2O6. The first-order chi connectivity index (χ1) is 17.5. The minimum absolute atomic E-state index is 0.0584. The van der Waals surface area contributed by atoms with Crippen molar-refractivity contribution in [1.82, 2.24) is 9.80 Å². The maximum atomic E-state index is 13.4. The van der Waals surface area contributed by atoms with Crippen molar-refractivity contribution in [2.75, 3.05) is 46.5 Å². The number of ketones is 1. The fraction of sp³-hybridized carbons (Fsp3) is 0.429. The molecule has 0 aromatic heterocycles. The minimum Gasteiger partial charge on any atom is -0.507 e. The van der Waals surface area contributed by atoms with E-state index in [1.807, 2.05) is 37.3 Å². The van der Waals surface area contributed by atoms with E-state index >= 15 is 0 Å². The fourth-order valence-electron chi connectivity index (χ4n) is 5.34. The molecule has 2 aromatic rings. The lowest BCUT2D eigenvalue weighted by Crippen LogP contribution is -2.39. The van der Waals surface area contributed by atoms with E-state index < -0.39 is 17.7 Å². The molecule has 190 valence electrons. The number of methoxy groups -OCH3 is 1. The van der Waals surface area contributed by atoms with E-state index in [4.69, 9.17) is 14.2 Å². The molecule has 8 heteroatoms. The summed E-state index contributed by atoms with van der Waals surface area (Å²) in [6.45, 7) is 6.30. The smallest absolute Gasteiger partial charge is 0.295 e. The van der Waals surface area contributed by atoms with Crippen molar-refractivity contribution in [3.8, 4) is 11.5 Å². The standard InChI is InChI=1S/C28H32N2O6/c1-18-16-20-17-19(8-9-22(20)36-18)26(31)24-25(21-6-3-4-7-23(21)34-2)30(28(33)27(24)32)11-5-10-29-12-14-35-15-13-29/h3-4,6-9,17-18,25,31H,5,10-16H2,1-2H3. The zero-order valence-electron chi connectivity index (χ0n) is 20.7. The van der Waals surface area contributed by atoms with E-state index in [0.717, 1.165) is 37.4 Å². The number of nitrogens with zero attached hydrogens (tertiary/aromatic N) is 2. The Morgan fingerprint density at radius 2 is 1.89 bits per heavy atom. The molecule has 1 amide bonds. The van der Waals surface area contributed by atoms with Crippen molar-refractivity contribution in [2.45, 2.75) is 31.9 Å². The highest BCUT2D eigenvalue weighted by Crippen LogP contribution is 2.43. The van der Waals surface area contributed by atoms with Crippen LogP contribution in [0, 0.1) is 0 Å². The summed E-state index contributed by atoms with van der Waals surface area (Å²) in [5, 5.41) is 11.4. The van der Waals surface area contributed by atoms with Crippen LogP contribution in [-0.2, 0) is 20.7 Å². The lowest BCUT2D eigenvalue weighted by atomic mass is 9.94. The van der Waals surface area contributed by atoms with Gasteiger partial charge in [0.15, 0.2) is 0 Å². The molecule has 36 heavy (non-hydrogen) atoms. The molecule has 8 nitrogen and oxygen atoms in total. The first kappa shape index (κ1) is 24.3. The van der Waals surface area contributed by atoms with E-state index in [-0.39, 0.29) is 17.4 Å². The molecule has 2 saturated heterocycles. The monoisotopic (exact) mass is 492 g/mol. The number of ether oxygens (including phenoxy) is 3. The van der Waals surface area contributed by atoms with Gasteiger partial charge in [-0.05, 0) is 43.2 Å². The SMILES string of the molecule is COc1ccccc1C1C(=C(O)c2ccc3c(c2)CC(C)O3)C(=O)C(=O)N1CCCN1CCOCC1. The lowest BCUT2D eigenvalue weighted by Gasteiger charge is -2.29. The number of carbonyl (C=O) groups is 2. The van der Waals surface area contributed by atoms with Gasteiger partial charge in [-0.3, -0.25) is 14.5 Å². The number of Topliss-reactive ketones (excluding diaryl/α,β-unsaturated/α-hetero) is 1. The summed E-state index contributed by atoms with van der Waals surface area (Å²) in [7, 11) is 1.56. The molecule has 0 saturated carbocycles. The number of carbonyl (C=O) groups excluding carboxylic acids is 2. The molecule has 0 aliphatic carbocycles. The van der Waals surface area contributed by atoms with Crippen LogP contribution in [0.5, 0.6) is 11.5 Å². The largest absolute Gasteiger partial charge is 0.507 e. The van der Waals surface area contributed by atoms with E-state index in [9.17, 15) is 14.7 Å². The summed E-state index contributed by atoms with van der Waals surface area (Å²) in [5.74, 6) is -0.122. The molecule has 0 bridgehead atoms. The summed E-state index contributed by atoms with van der Waals surface area (Å²) in [4.78, 5) is 30.5. The van der Waals surface area contributed by atoms with Gasteiger partial charge < -0.3 is 24.2 Å². The maximum Gasteiger partial charge on any atom is 0.295 e. The van der Waals surface area contributed by atoms with Crippen LogP contribution in [0.4, 0.5) is 0 Å². The Kier molecular flexibility index (Phi) is 6.98. The number of likely N-dealkylation sites (tertiary alicyclic amines) is 1. The van der Waals surface area contributed by atoms with Gasteiger partial charge >= 0.3 is 0 Å². The Morgan fingerprint density at radius 1 is 1.11 bits per heavy atom. The van der Waals surface area contributed by atoms with Crippen molar-refractivity contribution in [1.29, 1.82) is 0 Å². The third-order valence-electron chi connectivity index (χ3n) is 7.12. The average Bonchev–Trinajstić information content (AvgIpc) is 3.39. The van der Waals surface area contributed by atoms with Gasteiger partial charge in [0.1, 0.15) is 23.4 Å². The molecule has 1 N–H and O–H groups in total. The predicted octanol–water partition coefficient (Wildman–Crippen LogP) is 3.16. The number of aliphatic hydroxyl groups is 1. The summed E-state index contributed by atoms with van der Waals surface area (Å²) in [6, 6.07) is 12.0. The maximum absolute atomic E-state index is 13.4. The summed E-state index contributed by atoms with van der Waals surface area (Å²) in [6.07, 6.45) is 1.48. The number of fused-ring (bicyclic) bond motifs is 1. The van der Waals surface area contributed by atoms with Crippen molar-refractivity contribution >= 4 is 17.4 Å². The second kappa shape index (κ2) is 10.3. The number of hydrogen-bond acceptors (Lipinski definition) is 7. The van der Waals surface area contributed by atoms with Gasteiger partial charge in [0, 0.05) is 43.7 Å². The molecule has 3 heterocycles. The van der Waals surface area contributed by atoms with Gasteiger partial charge in [0.2, 0.25) is 0 Å². The number of para-hydroxylation sites is 1. The van der Waals surface area contributed by atoms with Crippen molar-refractivity contribution in [3.05, 3.63) is 64.7 Å². The summed E-state index contributed by atoms with van der Waals surface area (Å²) >= 11 is 0. The Hall–Kier alpha value is -3.36. The molecule has 3 aliphatic heterocycles. The normalized spacial score (nSPS) is 23.6. The minimum atomic E-state index is -0.741. The first-order valence-corrected chi connectivity index (χ1v) is 12.5. The van der Waals surface area contributed by atoms with E-state index in [0.29, 0.717) is 43.1 Å². The average molecular weight is 493 g/mol. The van der Waals surface area contributed by atoms with Crippen molar-refractivity contribution in [2.24, 2.45) is 0 Å². The first-order valence-electron chi connectivity index (χ1n) is 12.5. The number of benzene rings is 2. The van der Waals surface area contributed by atoms with Crippen LogP contribution in [0.25, 0.3) is 5.76 Å². The molecule has 2 aromatic carbocycles. The van der Waals surface area contributed by atoms with Crippen LogP contribution in [0.1, 0.15) is 36.1 Å². The highest BCUT2D eigenvalue weighted by atomic mass is 16.5. The zero-order chi connectivity index (χ0) is 25.2. The highest BCUT2D eigenvalue weighted by Gasteiger charge is 2.46. The Morgan fingerprint density at radius 3 is 2.67 bits per heavy atom. The Labute approximate surface area is 211 Å². The molecule has 0 radical (unpaired) electrons. The van der Waals surface area contributed by atoms with Gasteiger partial charge in [-0.2, -0.15) is 0 Å². The summed E-state index contributed by atoms with van der Waals surface area (Å²) in [5.41, 5.74) is 2.23. The highest BCUT2D eigenvalue weighted by molar-refractivity contribution is 6.46. The number of rotatable bonds is 7. The second-order valence-corrected chi connectivity index (χ2v) is 9.50. The van der Waals surface area contributed by atoms with Crippen LogP contribution in [0.15, 0.2) is 48.0 Å². The topological polar surface area (TPSA) is 88.5 Å². The fourth-order valence-corrected chi connectivity index (χ4v) is 5.34. The van der Waals surface area contributed by atoms with Crippen molar-refractivity contribution < 1.29 is 28.9 Å². The molecule has 2 unspecified atom stereocenters. The number of morpholine rings is 1. The Balaban J connectivity index is 1.51. The zero-order valence-corrected chi connectivity index (χ0v) is 20.7. The van der Waals surface area contributed by atoms with Crippen LogP contribution >= 0.6 is 0 Å². The van der Waals surface area contributed by atoms with Crippen LogP contribution < -0.4 is 9.47 Å². The molecule has 5 rings (SSSR count). The number of hydrogen-bond donors (Lipinski definition) is 1. The van der Waals surface area contributed by atoms with Crippen LogP contribution in [-0.4, -0.2) is 79.2 Å². The predicted molar refractivity (Wildman–Crippen MR) is 134 cm³/mol. The van der Waals surface area contributed by atoms with Crippen molar-refractivity contribution in [3.63, 3.8) is 0 Å². The molecule has 0 spiro atoms. The van der Waals surface area contributed by atoms with E-state index in [2.05, 4.69) is 4.90 Å². The lowest BCUT2D eigenvalue weighted by molar-refractivity contribution is -0.140. The van der Waals surface area contributed by atoms with Crippen LogP contribution in [0.2, 0.25) is 0 Å². The van der Waals surface area contributed by atoms with Gasteiger partial charge in [0.05, 0.1) is 31.9 Å². The Bertz CT molecular complexity index is 1190. The van der Waals surface area contributed by atoms with E-state index in [1.165, 1.54) is 0 Å². The molecule has 2 atom stereocenters. The van der Waals surface area contributed by atoms with E-state index in [1.54, 1.807) is 24.1 Å². The molecule has 2 fully saturated rings. The molecular weight excluding hydrogens is 460 g/mol. The third kappa shape index (κ3) is 4.58. The van der Waals surface area contributed by atoms with Gasteiger partial charge in [0.25, 0.3) is 11.7 Å². The summed E-state index contributed by atoms with van der Waals surface area (Å²) < 4.78 is 16.8. The number of aliphatic hydroxyl groups excluding tert-OH is 1.